The predicted octanol–water partition coefficient (Wildman–Crippen LogP) is 1.25. The highest BCUT2D eigenvalue weighted by molar-refractivity contribution is 7.13. The van der Waals surface area contributed by atoms with Crippen molar-refractivity contribution in [2.45, 2.75) is 12.8 Å². The van der Waals surface area contributed by atoms with Gasteiger partial charge in [-0.1, -0.05) is 0 Å². The van der Waals surface area contributed by atoms with Crippen LogP contribution in [0.15, 0.2) is 29.9 Å². The van der Waals surface area contributed by atoms with Crippen LogP contribution in [-0.2, 0) is 11.2 Å². The van der Waals surface area contributed by atoms with Gasteiger partial charge in [0.25, 0.3) is 0 Å². The molecule has 0 saturated heterocycles. The Hall–Kier alpha value is -1.79. The highest BCUT2D eigenvalue weighted by atomic mass is 32.1. The van der Waals surface area contributed by atoms with Crippen LogP contribution in [0.25, 0.3) is 10.6 Å². The molecule has 2 N–H and O–H groups in total. The molecule has 0 spiro atoms. The van der Waals surface area contributed by atoms with E-state index in [0.29, 0.717) is 13.0 Å². The summed E-state index contributed by atoms with van der Waals surface area (Å²) in [5.41, 5.74) is 1.71. The molecule has 0 unspecified atom stereocenters. The van der Waals surface area contributed by atoms with Gasteiger partial charge in [0.15, 0.2) is 0 Å². The van der Waals surface area contributed by atoms with Gasteiger partial charge in [-0.15, -0.1) is 11.3 Å². The lowest BCUT2D eigenvalue weighted by atomic mass is 10.3. The predicted molar refractivity (Wildman–Crippen MR) is 73.8 cm³/mol. The molecule has 6 heteroatoms. The van der Waals surface area contributed by atoms with Crippen molar-refractivity contribution in [2.75, 3.05) is 13.2 Å². The molecule has 1 amide bonds. The standard InChI is InChI=1S/C13H15N3O2S/c17-6-2-5-15-12(18)7-11-9-19-13(16-11)10-3-1-4-14-8-10/h1,3-4,8-9,17H,2,5-7H2,(H,15,18). The van der Waals surface area contributed by atoms with Crippen molar-refractivity contribution in [3.8, 4) is 10.6 Å². The van der Waals surface area contributed by atoms with Crippen LogP contribution in [-0.4, -0.2) is 34.1 Å². The zero-order valence-electron chi connectivity index (χ0n) is 10.4. The van der Waals surface area contributed by atoms with E-state index in [0.717, 1.165) is 16.3 Å². The Labute approximate surface area is 115 Å². The zero-order chi connectivity index (χ0) is 13.5. The molecule has 0 aliphatic heterocycles. The van der Waals surface area contributed by atoms with E-state index in [-0.39, 0.29) is 18.9 Å². The second-order valence-corrected chi connectivity index (χ2v) is 4.85. The van der Waals surface area contributed by atoms with Crippen LogP contribution in [0, 0.1) is 0 Å². The van der Waals surface area contributed by atoms with Crippen molar-refractivity contribution in [1.29, 1.82) is 0 Å². The van der Waals surface area contributed by atoms with E-state index in [1.165, 1.54) is 11.3 Å². The summed E-state index contributed by atoms with van der Waals surface area (Å²) in [6, 6.07) is 3.80. The summed E-state index contributed by atoms with van der Waals surface area (Å²) < 4.78 is 0. The Morgan fingerprint density at radius 3 is 3.11 bits per heavy atom. The first kappa shape index (κ1) is 13.6. The van der Waals surface area contributed by atoms with Gasteiger partial charge < -0.3 is 10.4 Å². The lowest BCUT2D eigenvalue weighted by Gasteiger charge is -2.01. The Morgan fingerprint density at radius 1 is 1.47 bits per heavy atom. The van der Waals surface area contributed by atoms with Crippen LogP contribution < -0.4 is 5.32 Å². The fourth-order valence-electron chi connectivity index (χ4n) is 1.54. The molecular weight excluding hydrogens is 262 g/mol. The molecule has 2 aromatic heterocycles. The molecule has 0 aliphatic carbocycles. The number of pyridine rings is 1. The summed E-state index contributed by atoms with van der Waals surface area (Å²) >= 11 is 1.50. The Balaban J connectivity index is 1.93. The highest BCUT2D eigenvalue weighted by Gasteiger charge is 2.08. The van der Waals surface area contributed by atoms with Crippen LogP contribution in [0.4, 0.5) is 0 Å². The summed E-state index contributed by atoms with van der Waals surface area (Å²) in [5.74, 6) is -0.0727. The minimum atomic E-state index is -0.0727. The number of aliphatic hydroxyl groups is 1. The number of amides is 1. The molecule has 0 saturated carbocycles. The van der Waals surface area contributed by atoms with Crippen LogP contribution >= 0.6 is 11.3 Å². The Bertz CT molecular complexity index is 528. The number of aliphatic hydroxyl groups excluding tert-OH is 1. The van der Waals surface area contributed by atoms with Gasteiger partial charge in [-0.05, 0) is 18.6 Å². The molecule has 19 heavy (non-hydrogen) atoms. The van der Waals surface area contributed by atoms with Gasteiger partial charge in [-0.3, -0.25) is 9.78 Å². The number of carbonyl (C=O) groups excluding carboxylic acids is 1. The first-order chi connectivity index (χ1) is 9.29. The molecule has 2 rings (SSSR count). The molecule has 2 aromatic rings. The highest BCUT2D eigenvalue weighted by Crippen LogP contribution is 2.22. The Morgan fingerprint density at radius 2 is 2.37 bits per heavy atom. The van der Waals surface area contributed by atoms with Gasteiger partial charge in [0.2, 0.25) is 5.91 Å². The molecule has 0 bridgehead atoms. The smallest absolute Gasteiger partial charge is 0.226 e. The lowest BCUT2D eigenvalue weighted by Crippen LogP contribution is -2.26. The van der Waals surface area contributed by atoms with Crippen molar-refractivity contribution >= 4 is 17.2 Å². The van der Waals surface area contributed by atoms with E-state index in [1.807, 2.05) is 17.5 Å². The van der Waals surface area contributed by atoms with Crippen LogP contribution in [0.1, 0.15) is 12.1 Å². The van der Waals surface area contributed by atoms with Crippen molar-refractivity contribution in [3.05, 3.63) is 35.6 Å². The molecule has 100 valence electrons. The monoisotopic (exact) mass is 277 g/mol. The molecule has 0 fully saturated rings. The lowest BCUT2D eigenvalue weighted by molar-refractivity contribution is -0.120. The molecule has 0 aromatic carbocycles. The molecule has 0 aliphatic rings. The van der Waals surface area contributed by atoms with Gasteiger partial charge in [0.1, 0.15) is 5.01 Å². The number of aromatic nitrogens is 2. The van der Waals surface area contributed by atoms with Gasteiger partial charge in [-0.25, -0.2) is 4.98 Å². The fourth-order valence-corrected chi connectivity index (χ4v) is 2.35. The fraction of sp³-hybridized carbons (Fsp3) is 0.308. The molecule has 5 nitrogen and oxygen atoms in total. The van der Waals surface area contributed by atoms with Gasteiger partial charge in [0.05, 0.1) is 12.1 Å². The third kappa shape index (κ3) is 4.11. The van der Waals surface area contributed by atoms with E-state index < -0.39 is 0 Å². The molecule has 2 heterocycles. The summed E-state index contributed by atoms with van der Waals surface area (Å²) in [7, 11) is 0. The van der Waals surface area contributed by atoms with Crippen molar-refractivity contribution in [1.82, 2.24) is 15.3 Å². The van der Waals surface area contributed by atoms with Crippen molar-refractivity contribution in [2.24, 2.45) is 0 Å². The zero-order valence-corrected chi connectivity index (χ0v) is 11.2. The quantitative estimate of drug-likeness (QED) is 0.779. The summed E-state index contributed by atoms with van der Waals surface area (Å²) in [5, 5.41) is 14.1. The third-order valence-corrected chi connectivity index (χ3v) is 3.40. The van der Waals surface area contributed by atoms with E-state index in [9.17, 15) is 4.79 Å². The van der Waals surface area contributed by atoms with E-state index >= 15 is 0 Å². The van der Waals surface area contributed by atoms with Crippen molar-refractivity contribution < 1.29 is 9.90 Å². The van der Waals surface area contributed by atoms with E-state index in [1.54, 1.807) is 12.4 Å². The number of hydrogen-bond acceptors (Lipinski definition) is 5. The number of thiazole rings is 1. The Kier molecular flexibility index (Phi) is 5.00. The first-order valence-corrected chi connectivity index (χ1v) is 6.90. The molecular formula is C13H15N3O2S. The van der Waals surface area contributed by atoms with E-state index in [2.05, 4.69) is 15.3 Å². The number of nitrogens with zero attached hydrogens (tertiary/aromatic N) is 2. The molecule has 0 atom stereocenters. The normalized spacial score (nSPS) is 10.4. The largest absolute Gasteiger partial charge is 0.396 e. The van der Waals surface area contributed by atoms with Crippen LogP contribution in [0.3, 0.4) is 0 Å². The van der Waals surface area contributed by atoms with Gasteiger partial charge in [-0.2, -0.15) is 0 Å². The second kappa shape index (κ2) is 6.96. The summed E-state index contributed by atoms with van der Waals surface area (Å²) in [6.07, 6.45) is 4.31. The minimum Gasteiger partial charge on any atom is -0.396 e. The van der Waals surface area contributed by atoms with Crippen LogP contribution in [0.2, 0.25) is 0 Å². The van der Waals surface area contributed by atoms with E-state index in [4.69, 9.17) is 5.11 Å². The number of nitrogens with one attached hydrogen (secondary N) is 1. The maximum Gasteiger partial charge on any atom is 0.226 e. The number of hydrogen-bond donors (Lipinski definition) is 2. The number of carbonyl (C=O) groups is 1. The summed E-state index contributed by atoms with van der Waals surface area (Å²) in [6.45, 7) is 0.580. The third-order valence-electron chi connectivity index (χ3n) is 2.46. The maximum absolute atomic E-state index is 11.6. The second-order valence-electron chi connectivity index (χ2n) is 3.99. The maximum atomic E-state index is 11.6. The first-order valence-electron chi connectivity index (χ1n) is 6.02. The van der Waals surface area contributed by atoms with Gasteiger partial charge in [0, 0.05) is 36.5 Å². The van der Waals surface area contributed by atoms with Gasteiger partial charge >= 0.3 is 0 Å². The average Bonchev–Trinajstić information content (AvgIpc) is 2.88. The SMILES string of the molecule is O=C(Cc1csc(-c2cccnc2)n1)NCCCO. The van der Waals surface area contributed by atoms with Crippen LogP contribution in [0.5, 0.6) is 0 Å². The van der Waals surface area contributed by atoms with Crippen molar-refractivity contribution in [3.63, 3.8) is 0 Å². The summed E-state index contributed by atoms with van der Waals surface area (Å²) in [4.78, 5) is 20.1. The molecule has 0 radical (unpaired) electrons. The average molecular weight is 277 g/mol. The topological polar surface area (TPSA) is 75.1 Å². The minimum absolute atomic E-state index is 0.0727. The number of rotatable bonds is 6.